The molecule has 2 saturated heterocycles. The van der Waals surface area contributed by atoms with Crippen molar-refractivity contribution in [1.82, 2.24) is 24.8 Å². The predicted octanol–water partition coefficient (Wildman–Crippen LogP) is 7.03. The number of fused-ring (bicyclic) bond motifs is 9. The van der Waals surface area contributed by atoms with Crippen molar-refractivity contribution in [1.29, 1.82) is 0 Å². The van der Waals surface area contributed by atoms with E-state index in [0.717, 1.165) is 43.7 Å². The molecule has 2 aromatic carbocycles. The van der Waals surface area contributed by atoms with E-state index in [0.29, 0.717) is 41.9 Å². The van der Waals surface area contributed by atoms with E-state index >= 15 is 0 Å². The standard InChI is InChI=1S/C38H49N5O3.C2H6/c1-23(2)19-41-20-27-16-26(41)21-42(27)37(45)38-18-32(38)31-17-28(46-5)12-14-29(31)35-34(24-9-7-6-8-10-24)30-13-11-25(36(44)39-40(3)4)15-33(30)43(35)22-38;1-2/h11-15,17,23-24,26-27,32H,6-10,16,18-22H2,1-5H3,(H,39,44);1-2H3. The maximum absolute atomic E-state index is 14.9. The second-order valence-corrected chi connectivity index (χ2v) is 15.5. The lowest BCUT2D eigenvalue weighted by atomic mass is 9.81. The molecule has 4 fully saturated rings. The molecular formula is C40H55N5O3. The number of benzene rings is 2. The number of carbonyl (C=O) groups excluding carboxylic acids is 2. The number of nitrogens with zero attached hydrogens (tertiary/aromatic N) is 4. The van der Waals surface area contributed by atoms with E-state index in [4.69, 9.17) is 4.74 Å². The first-order valence-electron chi connectivity index (χ1n) is 18.6. The van der Waals surface area contributed by atoms with E-state index in [1.807, 2.05) is 34.0 Å². The van der Waals surface area contributed by atoms with E-state index in [2.05, 4.69) is 64.0 Å². The summed E-state index contributed by atoms with van der Waals surface area (Å²) in [4.78, 5) is 33.1. The summed E-state index contributed by atoms with van der Waals surface area (Å²) < 4.78 is 8.24. The first-order chi connectivity index (χ1) is 23.2. The molecule has 4 unspecified atom stereocenters. The molecule has 2 amide bonds. The first-order valence-corrected chi connectivity index (χ1v) is 18.6. The lowest BCUT2D eigenvalue weighted by Gasteiger charge is -2.37. The molecule has 8 rings (SSSR count). The van der Waals surface area contributed by atoms with E-state index in [1.54, 1.807) is 12.1 Å². The summed E-state index contributed by atoms with van der Waals surface area (Å²) in [6.45, 7) is 12.2. The van der Waals surface area contributed by atoms with Gasteiger partial charge >= 0.3 is 0 Å². The number of piperazine rings is 1. The molecular weight excluding hydrogens is 598 g/mol. The van der Waals surface area contributed by atoms with E-state index in [-0.39, 0.29) is 11.8 Å². The van der Waals surface area contributed by atoms with Gasteiger partial charge < -0.3 is 14.2 Å². The zero-order valence-electron chi connectivity index (χ0n) is 30.1. The van der Waals surface area contributed by atoms with Crippen molar-refractivity contribution in [3.63, 3.8) is 0 Å². The molecule has 258 valence electrons. The highest BCUT2D eigenvalue weighted by Gasteiger charge is 2.65. The number of hydrogen-bond donors (Lipinski definition) is 1. The molecule has 8 nitrogen and oxygen atoms in total. The molecule has 48 heavy (non-hydrogen) atoms. The SMILES string of the molecule is CC.COc1ccc2c(c1)C1CC1(C(=O)N1CC3CC1CN3CC(C)C)Cn1c-2c(C2CCCCC2)c2ccc(C(=O)NN(C)C)cc21. The van der Waals surface area contributed by atoms with Crippen molar-refractivity contribution >= 4 is 22.7 Å². The molecule has 1 N–H and O–H groups in total. The molecule has 2 saturated carbocycles. The van der Waals surface area contributed by atoms with Gasteiger partial charge in [-0.15, -0.1) is 0 Å². The Morgan fingerprint density at radius 3 is 2.46 bits per heavy atom. The lowest BCUT2D eigenvalue weighted by molar-refractivity contribution is -0.140. The number of aromatic nitrogens is 1. The van der Waals surface area contributed by atoms with Crippen LogP contribution in [-0.4, -0.2) is 84.1 Å². The van der Waals surface area contributed by atoms with Crippen LogP contribution in [0.15, 0.2) is 36.4 Å². The van der Waals surface area contributed by atoms with Crippen LogP contribution in [0.4, 0.5) is 0 Å². The van der Waals surface area contributed by atoms with Crippen molar-refractivity contribution in [2.45, 2.75) is 103 Å². The third-order valence-electron chi connectivity index (χ3n) is 11.7. The van der Waals surface area contributed by atoms with Gasteiger partial charge in [-0.2, -0.15) is 0 Å². The lowest BCUT2D eigenvalue weighted by Crippen LogP contribution is -2.52. The largest absolute Gasteiger partial charge is 0.497 e. The van der Waals surface area contributed by atoms with Crippen molar-refractivity contribution in [3.05, 3.63) is 53.1 Å². The van der Waals surface area contributed by atoms with Gasteiger partial charge in [-0.05, 0) is 79.0 Å². The fraction of sp³-hybridized carbons (Fsp3) is 0.600. The summed E-state index contributed by atoms with van der Waals surface area (Å²) in [6.07, 6.45) is 8.08. The zero-order valence-corrected chi connectivity index (χ0v) is 30.1. The molecule has 0 spiro atoms. The minimum absolute atomic E-state index is 0.116. The summed E-state index contributed by atoms with van der Waals surface area (Å²) in [5.41, 5.74) is 9.32. The average molecular weight is 654 g/mol. The van der Waals surface area contributed by atoms with Gasteiger partial charge in [-0.3, -0.25) is 19.9 Å². The number of methoxy groups -OCH3 is 1. The van der Waals surface area contributed by atoms with Gasteiger partial charge in [0.1, 0.15) is 5.75 Å². The van der Waals surface area contributed by atoms with Gasteiger partial charge in [0, 0.05) is 80.3 Å². The highest BCUT2D eigenvalue weighted by atomic mass is 16.5. The number of rotatable bonds is 7. The third-order valence-corrected chi connectivity index (χ3v) is 11.7. The van der Waals surface area contributed by atoms with Crippen LogP contribution < -0.4 is 10.2 Å². The molecule has 8 heteroatoms. The van der Waals surface area contributed by atoms with Crippen LogP contribution in [0.3, 0.4) is 0 Å². The molecule has 2 aliphatic carbocycles. The minimum Gasteiger partial charge on any atom is -0.497 e. The quantitative estimate of drug-likeness (QED) is 0.278. The number of carbonyl (C=O) groups is 2. The Hall–Kier alpha value is -3.36. The number of likely N-dealkylation sites (tertiary alicyclic amines) is 2. The Morgan fingerprint density at radius 2 is 1.79 bits per heavy atom. The number of amides is 2. The molecule has 4 heterocycles. The summed E-state index contributed by atoms with van der Waals surface area (Å²) in [5.74, 6) is 2.32. The third kappa shape index (κ3) is 5.43. The minimum atomic E-state index is -0.489. The summed E-state index contributed by atoms with van der Waals surface area (Å²) in [7, 11) is 5.40. The van der Waals surface area contributed by atoms with Gasteiger partial charge in [0.15, 0.2) is 0 Å². The highest BCUT2D eigenvalue weighted by Crippen LogP contribution is 2.66. The van der Waals surface area contributed by atoms with Gasteiger partial charge in [-0.25, -0.2) is 5.01 Å². The Labute approximate surface area is 286 Å². The zero-order chi connectivity index (χ0) is 33.9. The Bertz CT molecular complexity index is 1700. The maximum atomic E-state index is 14.9. The first kappa shape index (κ1) is 33.2. The van der Waals surface area contributed by atoms with Gasteiger partial charge in [0.2, 0.25) is 5.91 Å². The van der Waals surface area contributed by atoms with Gasteiger partial charge in [0.25, 0.3) is 5.91 Å². The van der Waals surface area contributed by atoms with Crippen LogP contribution in [0.5, 0.6) is 5.75 Å². The molecule has 5 aliphatic rings. The van der Waals surface area contributed by atoms with Gasteiger partial charge in [-0.1, -0.05) is 53.0 Å². The molecule has 2 bridgehead atoms. The smallest absolute Gasteiger partial charge is 0.265 e. The van der Waals surface area contributed by atoms with Gasteiger partial charge in [0.05, 0.1) is 18.2 Å². The summed E-state index contributed by atoms with van der Waals surface area (Å²) in [6, 6.07) is 13.6. The number of ether oxygens (including phenoxy) is 1. The predicted molar refractivity (Wildman–Crippen MR) is 192 cm³/mol. The van der Waals surface area contributed by atoms with Crippen LogP contribution in [0, 0.1) is 11.3 Å². The van der Waals surface area contributed by atoms with Crippen molar-refractivity contribution in [2.75, 3.05) is 40.8 Å². The Morgan fingerprint density at radius 1 is 1.02 bits per heavy atom. The second-order valence-electron chi connectivity index (χ2n) is 15.5. The monoisotopic (exact) mass is 653 g/mol. The summed E-state index contributed by atoms with van der Waals surface area (Å²) in [5, 5.41) is 2.92. The second kappa shape index (κ2) is 12.8. The molecule has 3 aliphatic heterocycles. The van der Waals surface area contributed by atoms with Crippen LogP contribution >= 0.6 is 0 Å². The average Bonchev–Trinajstić information content (AvgIpc) is 3.32. The number of hydrazine groups is 1. The van der Waals surface area contributed by atoms with E-state index in [1.165, 1.54) is 59.9 Å². The fourth-order valence-electron chi connectivity index (χ4n) is 9.67. The number of hydrogen-bond acceptors (Lipinski definition) is 5. The molecule has 3 aromatic rings. The van der Waals surface area contributed by atoms with Crippen LogP contribution in [0.2, 0.25) is 0 Å². The molecule has 0 radical (unpaired) electrons. The highest BCUT2D eigenvalue weighted by molar-refractivity contribution is 6.01. The van der Waals surface area contributed by atoms with Crippen molar-refractivity contribution in [2.24, 2.45) is 11.3 Å². The van der Waals surface area contributed by atoms with Crippen LogP contribution in [-0.2, 0) is 11.3 Å². The maximum Gasteiger partial charge on any atom is 0.265 e. The van der Waals surface area contributed by atoms with Crippen LogP contribution in [0.25, 0.3) is 22.2 Å². The van der Waals surface area contributed by atoms with E-state index < -0.39 is 5.41 Å². The van der Waals surface area contributed by atoms with Crippen molar-refractivity contribution < 1.29 is 14.3 Å². The molecule has 4 atom stereocenters. The summed E-state index contributed by atoms with van der Waals surface area (Å²) >= 11 is 0. The normalized spacial score (nSPS) is 26.1. The Balaban J connectivity index is 0.00000179. The van der Waals surface area contributed by atoms with Crippen molar-refractivity contribution in [3.8, 4) is 17.0 Å². The van der Waals surface area contributed by atoms with Crippen LogP contribution in [0.1, 0.15) is 106 Å². The topological polar surface area (TPSA) is 70.0 Å². The fourth-order valence-corrected chi connectivity index (χ4v) is 9.67. The Kier molecular flexibility index (Phi) is 8.86. The van der Waals surface area contributed by atoms with E-state index in [9.17, 15) is 9.59 Å². The number of nitrogens with one attached hydrogen (secondary N) is 1. The molecule has 1 aromatic heterocycles.